The van der Waals surface area contributed by atoms with E-state index in [1.165, 1.54) is 0 Å². The summed E-state index contributed by atoms with van der Waals surface area (Å²) < 4.78 is 4.98. The van der Waals surface area contributed by atoms with E-state index in [-0.39, 0.29) is 5.54 Å². The molecule has 0 radical (unpaired) electrons. The normalized spacial score (nSPS) is 15.7. The molecule has 0 saturated carbocycles. The first-order valence-electron chi connectivity index (χ1n) is 4.98. The first kappa shape index (κ1) is 13.2. The average molecular weight is 208 g/mol. The van der Waals surface area contributed by atoms with Gasteiger partial charge < -0.3 is 10.1 Å². The molecule has 0 spiro atoms. The van der Waals surface area contributed by atoms with E-state index in [1.54, 1.807) is 7.11 Å². The third kappa shape index (κ3) is 6.30. The molecule has 80 valence electrons. The minimum Gasteiger partial charge on any atom is -0.385 e. The van der Waals surface area contributed by atoms with Gasteiger partial charge in [-0.2, -0.15) is 0 Å². The summed E-state index contributed by atoms with van der Waals surface area (Å²) in [6.07, 6.45) is 3.21. The Labute approximate surface area is 87.0 Å². The third-order valence-corrected chi connectivity index (χ3v) is 2.69. The van der Waals surface area contributed by atoms with Crippen LogP contribution in [0.1, 0.15) is 33.1 Å². The highest BCUT2D eigenvalue weighted by Gasteiger charge is 2.19. The molecule has 0 aromatic rings. The molecule has 0 aromatic carbocycles. The summed E-state index contributed by atoms with van der Waals surface area (Å²) in [5.41, 5.74) is 0.204. The highest BCUT2D eigenvalue weighted by atomic mass is 35.5. The molecule has 13 heavy (non-hydrogen) atoms. The van der Waals surface area contributed by atoms with Crippen molar-refractivity contribution in [2.24, 2.45) is 0 Å². The van der Waals surface area contributed by atoms with Crippen LogP contribution in [0.15, 0.2) is 0 Å². The Morgan fingerprint density at radius 1 is 1.46 bits per heavy atom. The molecule has 0 bridgehead atoms. The summed E-state index contributed by atoms with van der Waals surface area (Å²) in [5.74, 6) is 0.724. The highest BCUT2D eigenvalue weighted by Crippen LogP contribution is 2.14. The second-order valence-electron chi connectivity index (χ2n) is 3.63. The second kappa shape index (κ2) is 7.60. The molecule has 1 unspecified atom stereocenters. The summed E-state index contributed by atoms with van der Waals surface area (Å²) in [4.78, 5) is 0. The SMILES string of the molecule is CCC(C)(CCCl)NCCCOC. The Kier molecular flexibility index (Phi) is 7.72. The Morgan fingerprint density at radius 3 is 2.62 bits per heavy atom. The molecular formula is C10H22ClNO. The smallest absolute Gasteiger partial charge is 0.0474 e. The van der Waals surface area contributed by atoms with Crippen molar-refractivity contribution in [3.63, 3.8) is 0 Å². The first-order valence-corrected chi connectivity index (χ1v) is 5.52. The molecule has 0 aliphatic rings. The molecule has 0 rings (SSSR count). The van der Waals surface area contributed by atoms with Gasteiger partial charge in [0.15, 0.2) is 0 Å². The molecule has 2 nitrogen and oxygen atoms in total. The van der Waals surface area contributed by atoms with Gasteiger partial charge in [-0.1, -0.05) is 6.92 Å². The summed E-state index contributed by atoms with van der Waals surface area (Å²) in [7, 11) is 1.73. The minimum absolute atomic E-state index is 0.204. The molecule has 0 amide bonds. The van der Waals surface area contributed by atoms with Crippen LogP contribution in [0.4, 0.5) is 0 Å². The van der Waals surface area contributed by atoms with E-state index in [2.05, 4.69) is 19.2 Å². The fraction of sp³-hybridized carbons (Fsp3) is 1.00. The van der Waals surface area contributed by atoms with Gasteiger partial charge in [-0.15, -0.1) is 11.6 Å². The predicted octanol–water partition coefficient (Wildman–Crippen LogP) is 2.41. The van der Waals surface area contributed by atoms with Crippen LogP contribution in [0, 0.1) is 0 Å². The summed E-state index contributed by atoms with van der Waals surface area (Å²) in [5, 5.41) is 3.52. The third-order valence-electron chi connectivity index (χ3n) is 2.50. The fourth-order valence-corrected chi connectivity index (χ4v) is 1.62. The Hall–Kier alpha value is 0.210. The number of ether oxygens (including phenoxy) is 1. The van der Waals surface area contributed by atoms with E-state index in [9.17, 15) is 0 Å². The number of hydrogen-bond donors (Lipinski definition) is 1. The Balaban J connectivity index is 3.57. The zero-order valence-electron chi connectivity index (χ0n) is 9.03. The fourth-order valence-electron chi connectivity index (χ4n) is 1.21. The van der Waals surface area contributed by atoms with Gasteiger partial charge in [0, 0.05) is 25.1 Å². The summed E-state index contributed by atoms with van der Waals surface area (Å²) in [6, 6.07) is 0. The first-order chi connectivity index (χ1) is 6.18. The molecule has 0 aliphatic heterocycles. The number of rotatable bonds is 8. The van der Waals surface area contributed by atoms with E-state index in [1.807, 2.05) is 0 Å². The molecule has 0 aliphatic carbocycles. The summed E-state index contributed by atoms with van der Waals surface area (Å²) in [6.45, 7) is 6.25. The predicted molar refractivity (Wildman–Crippen MR) is 58.5 cm³/mol. The van der Waals surface area contributed by atoms with E-state index >= 15 is 0 Å². The van der Waals surface area contributed by atoms with Crippen LogP contribution >= 0.6 is 11.6 Å². The molecule has 0 aromatic heterocycles. The van der Waals surface area contributed by atoms with Crippen molar-refractivity contribution in [3.8, 4) is 0 Å². The molecule has 0 fully saturated rings. The van der Waals surface area contributed by atoms with Gasteiger partial charge in [0.25, 0.3) is 0 Å². The maximum atomic E-state index is 5.74. The van der Waals surface area contributed by atoms with Crippen LogP contribution in [0.5, 0.6) is 0 Å². The second-order valence-corrected chi connectivity index (χ2v) is 4.00. The maximum Gasteiger partial charge on any atom is 0.0474 e. The maximum absolute atomic E-state index is 5.74. The molecular weight excluding hydrogens is 186 g/mol. The highest BCUT2D eigenvalue weighted by molar-refractivity contribution is 6.17. The van der Waals surface area contributed by atoms with Gasteiger partial charge in [0.05, 0.1) is 0 Å². The van der Waals surface area contributed by atoms with Crippen LogP contribution in [0.3, 0.4) is 0 Å². The number of alkyl halides is 1. The van der Waals surface area contributed by atoms with Crippen LogP contribution in [0.25, 0.3) is 0 Å². The number of halogens is 1. The Bertz CT molecular complexity index is 121. The standard InChI is InChI=1S/C10H22ClNO/c1-4-10(2,6-7-11)12-8-5-9-13-3/h12H,4-9H2,1-3H3. The number of nitrogens with one attached hydrogen (secondary N) is 1. The average Bonchev–Trinajstić information content (AvgIpc) is 2.13. The topological polar surface area (TPSA) is 21.3 Å². The van der Waals surface area contributed by atoms with Crippen molar-refractivity contribution < 1.29 is 4.74 Å². The molecule has 0 saturated heterocycles. The van der Waals surface area contributed by atoms with Crippen LogP contribution in [-0.2, 0) is 4.74 Å². The van der Waals surface area contributed by atoms with Crippen molar-refractivity contribution in [1.29, 1.82) is 0 Å². The molecule has 1 atom stereocenters. The lowest BCUT2D eigenvalue weighted by molar-refractivity contribution is 0.189. The minimum atomic E-state index is 0.204. The van der Waals surface area contributed by atoms with Gasteiger partial charge >= 0.3 is 0 Å². The van der Waals surface area contributed by atoms with Gasteiger partial charge in [0.2, 0.25) is 0 Å². The number of methoxy groups -OCH3 is 1. The number of hydrogen-bond acceptors (Lipinski definition) is 2. The zero-order valence-corrected chi connectivity index (χ0v) is 9.78. The van der Waals surface area contributed by atoms with Gasteiger partial charge in [-0.3, -0.25) is 0 Å². The van der Waals surface area contributed by atoms with Crippen LogP contribution in [-0.4, -0.2) is 31.7 Å². The van der Waals surface area contributed by atoms with E-state index in [4.69, 9.17) is 16.3 Å². The molecule has 3 heteroatoms. The monoisotopic (exact) mass is 207 g/mol. The van der Waals surface area contributed by atoms with E-state index in [0.717, 1.165) is 38.3 Å². The molecule has 1 N–H and O–H groups in total. The van der Waals surface area contributed by atoms with Gasteiger partial charge in [0.1, 0.15) is 0 Å². The van der Waals surface area contributed by atoms with Gasteiger partial charge in [-0.25, -0.2) is 0 Å². The van der Waals surface area contributed by atoms with Crippen molar-refractivity contribution in [3.05, 3.63) is 0 Å². The Morgan fingerprint density at radius 2 is 2.15 bits per heavy atom. The quantitative estimate of drug-likeness (QED) is 0.488. The van der Waals surface area contributed by atoms with Gasteiger partial charge in [-0.05, 0) is 32.7 Å². The van der Waals surface area contributed by atoms with E-state index in [0.29, 0.717) is 0 Å². The summed E-state index contributed by atoms with van der Waals surface area (Å²) >= 11 is 5.74. The lowest BCUT2D eigenvalue weighted by Gasteiger charge is -2.29. The van der Waals surface area contributed by atoms with Crippen LogP contribution < -0.4 is 5.32 Å². The lowest BCUT2D eigenvalue weighted by Crippen LogP contribution is -2.42. The molecule has 0 heterocycles. The van der Waals surface area contributed by atoms with E-state index < -0.39 is 0 Å². The van der Waals surface area contributed by atoms with Crippen molar-refractivity contribution in [2.75, 3.05) is 26.1 Å². The van der Waals surface area contributed by atoms with Crippen molar-refractivity contribution in [2.45, 2.75) is 38.6 Å². The largest absolute Gasteiger partial charge is 0.385 e. The zero-order chi connectivity index (χ0) is 10.2. The lowest BCUT2D eigenvalue weighted by atomic mass is 9.95. The van der Waals surface area contributed by atoms with Crippen molar-refractivity contribution in [1.82, 2.24) is 5.32 Å². The van der Waals surface area contributed by atoms with Crippen molar-refractivity contribution >= 4 is 11.6 Å². The van der Waals surface area contributed by atoms with Crippen LogP contribution in [0.2, 0.25) is 0 Å².